The molecule has 0 aliphatic rings. The van der Waals surface area contributed by atoms with E-state index >= 15 is 4.39 Å². The first kappa shape index (κ1) is 25.6. The molecule has 4 nitrogen and oxygen atoms in total. The zero-order valence-corrected chi connectivity index (χ0v) is 21.1. The fourth-order valence-corrected chi connectivity index (χ4v) is 4.79. The minimum absolute atomic E-state index is 0.0260. The van der Waals surface area contributed by atoms with Gasteiger partial charge in [0.1, 0.15) is 5.82 Å². The number of ether oxygens (including phenoxy) is 1. The van der Waals surface area contributed by atoms with E-state index in [1.807, 2.05) is 30.3 Å². The Bertz CT molecular complexity index is 1450. The molecule has 1 unspecified atom stereocenters. The monoisotopic (exact) mass is 508 g/mol. The first-order valence-corrected chi connectivity index (χ1v) is 11.9. The fraction of sp³-hybridized carbons (Fsp3) is 0.207. The van der Waals surface area contributed by atoms with Gasteiger partial charge in [0.05, 0.1) is 19.2 Å². The van der Waals surface area contributed by atoms with Crippen molar-refractivity contribution in [3.05, 3.63) is 122 Å². The van der Waals surface area contributed by atoms with Gasteiger partial charge in [0, 0.05) is 39.1 Å². The topological polar surface area (TPSA) is 57.2 Å². The van der Waals surface area contributed by atoms with Gasteiger partial charge in [0.25, 0.3) is 0 Å². The Kier molecular flexibility index (Phi) is 7.57. The fourth-order valence-electron chi connectivity index (χ4n) is 4.56. The summed E-state index contributed by atoms with van der Waals surface area (Å²) in [4.78, 5) is 13.9. The standard InChI is InChI=1S/C29H27ClF2N2O2/c1-17-21(15-25(33)19-9-5-4-6-10-19)29(35)27(20-11-7-14-26(36-3)28(20)32)18(2)34(17)16-22-23(30)12-8-13-24(22)31/h4-14,25H,15-16,33H2,1-3H3. The van der Waals surface area contributed by atoms with Crippen molar-refractivity contribution in [2.75, 3.05) is 7.11 Å². The molecule has 0 spiro atoms. The Balaban J connectivity index is 1.96. The lowest BCUT2D eigenvalue weighted by molar-refractivity contribution is 0.387. The quantitative estimate of drug-likeness (QED) is 0.316. The molecule has 0 fully saturated rings. The lowest BCUT2D eigenvalue weighted by atomic mass is 9.93. The Morgan fingerprint density at radius 3 is 2.31 bits per heavy atom. The molecule has 0 radical (unpaired) electrons. The van der Waals surface area contributed by atoms with Crippen LogP contribution in [0.15, 0.2) is 71.5 Å². The summed E-state index contributed by atoms with van der Waals surface area (Å²) in [5.41, 5.74) is 9.16. The molecular weight excluding hydrogens is 482 g/mol. The Morgan fingerprint density at radius 1 is 0.944 bits per heavy atom. The molecule has 7 heteroatoms. The molecule has 0 aliphatic heterocycles. The molecule has 3 aromatic carbocycles. The van der Waals surface area contributed by atoms with Crippen molar-refractivity contribution in [2.45, 2.75) is 32.9 Å². The number of hydrogen-bond donors (Lipinski definition) is 1. The van der Waals surface area contributed by atoms with Gasteiger partial charge in [-0.15, -0.1) is 0 Å². The second-order valence-corrected chi connectivity index (χ2v) is 9.09. The molecule has 0 saturated heterocycles. The van der Waals surface area contributed by atoms with Gasteiger partial charge in [0.15, 0.2) is 17.0 Å². The molecule has 1 atom stereocenters. The van der Waals surface area contributed by atoms with E-state index in [-0.39, 0.29) is 45.9 Å². The van der Waals surface area contributed by atoms with Crippen molar-refractivity contribution in [3.8, 4) is 16.9 Å². The summed E-state index contributed by atoms with van der Waals surface area (Å²) in [6.45, 7) is 3.58. The normalized spacial score (nSPS) is 12.0. The molecule has 0 bridgehead atoms. The van der Waals surface area contributed by atoms with Crippen LogP contribution in [0.4, 0.5) is 8.78 Å². The molecule has 186 valence electrons. The summed E-state index contributed by atoms with van der Waals surface area (Å²) in [5.74, 6) is -1.08. The van der Waals surface area contributed by atoms with Crippen LogP contribution in [0.5, 0.6) is 5.75 Å². The number of rotatable bonds is 7. The van der Waals surface area contributed by atoms with Crippen molar-refractivity contribution < 1.29 is 13.5 Å². The smallest absolute Gasteiger partial charge is 0.193 e. The number of nitrogens with two attached hydrogens (primary N) is 1. The molecule has 1 aromatic heterocycles. The minimum atomic E-state index is -0.641. The van der Waals surface area contributed by atoms with Gasteiger partial charge >= 0.3 is 0 Å². The summed E-state index contributed by atoms with van der Waals surface area (Å²) in [6, 6.07) is 18.1. The molecule has 36 heavy (non-hydrogen) atoms. The second-order valence-electron chi connectivity index (χ2n) is 8.68. The Labute approximate surface area is 213 Å². The van der Waals surface area contributed by atoms with E-state index in [0.717, 1.165) is 5.56 Å². The molecule has 1 heterocycles. The number of benzene rings is 3. The van der Waals surface area contributed by atoms with Crippen LogP contribution in [-0.4, -0.2) is 11.7 Å². The summed E-state index contributed by atoms with van der Waals surface area (Å²) >= 11 is 6.33. The average molecular weight is 509 g/mol. The predicted molar refractivity (Wildman–Crippen MR) is 140 cm³/mol. The Morgan fingerprint density at radius 2 is 1.64 bits per heavy atom. The van der Waals surface area contributed by atoms with Crippen molar-refractivity contribution in [1.29, 1.82) is 0 Å². The Hall–Kier alpha value is -3.48. The number of halogens is 3. The van der Waals surface area contributed by atoms with Crippen LogP contribution in [0.1, 0.15) is 34.1 Å². The van der Waals surface area contributed by atoms with Gasteiger partial charge in [-0.2, -0.15) is 0 Å². The molecule has 2 N–H and O–H groups in total. The van der Waals surface area contributed by atoms with Crippen LogP contribution in [-0.2, 0) is 13.0 Å². The van der Waals surface area contributed by atoms with Gasteiger partial charge < -0.3 is 15.0 Å². The molecular formula is C29H27ClF2N2O2. The first-order valence-electron chi connectivity index (χ1n) is 11.5. The van der Waals surface area contributed by atoms with Crippen LogP contribution in [0.3, 0.4) is 0 Å². The zero-order chi connectivity index (χ0) is 26.0. The van der Waals surface area contributed by atoms with Crippen LogP contribution >= 0.6 is 11.6 Å². The maximum Gasteiger partial charge on any atom is 0.193 e. The first-order chi connectivity index (χ1) is 17.2. The summed E-state index contributed by atoms with van der Waals surface area (Å²) in [7, 11) is 1.37. The van der Waals surface area contributed by atoms with Crippen LogP contribution in [0, 0.1) is 25.5 Å². The van der Waals surface area contributed by atoms with Crippen molar-refractivity contribution in [1.82, 2.24) is 4.57 Å². The number of hydrogen-bond acceptors (Lipinski definition) is 3. The maximum absolute atomic E-state index is 15.4. The van der Waals surface area contributed by atoms with E-state index in [2.05, 4.69) is 0 Å². The van der Waals surface area contributed by atoms with E-state index < -0.39 is 17.7 Å². The second kappa shape index (κ2) is 10.6. The van der Waals surface area contributed by atoms with Crippen LogP contribution < -0.4 is 15.9 Å². The van der Waals surface area contributed by atoms with E-state index in [4.69, 9.17) is 22.1 Å². The van der Waals surface area contributed by atoms with Crippen molar-refractivity contribution >= 4 is 11.6 Å². The van der Waals surface area contributed by atoms with Gasteiger partial charge in [0.2, 0.25) is 0 Å². The summed E-state index contributed by atoms with van der Waals surface area (Å²) < 4.78 is 37.1. The highest BCUT2D eigenvalue weighted by Crippen LogP contribution is 2.32. The number of pyridine rings is 1. The van der Waals surface area contributed by atoms with Gasteiger partial charge in [-0.05, 0) is 44.0 Å². The zero-order valence-electron chi connectivity index (χ0n) is 20.3. The predicted octanol–water partition coefficient (Wildman–Crippen LogP) is 6.36. The van der Waals surface area contributed by atoms with Gasteiger partial charge in [-0.1, -0.05) is 60.1 Å². The molecule has 0 amide bonds. The lowest BCUT2D eigenvalue weighted by Crippen LogP contribution is -2.27. The van der Waals surface area contributed by atoms with Gasteiger partial charge in [-0.25, -0.2) is 8.78 Å². The van der Waals surface area contributed by atoms with Crippen LogP contribution in [0.25, 0.3) is 11.1 Å². The van der Waals surface area contributed by atoms with E-state index in [0.29, 0.717) is 17.0 Å². The molecule has 0 saturated carbocycles. The number of aromatic nitrogens is 1. The third-order valence-electron chi connectivity index (χ3n) is 6.59. The third kappa shape index (κ3) is 4.79. The highest BCUT2D eigenvalue weighted by Gasteiger charge is 2.24. The van der Waals surface area contributed by atoms with Crippen molar-refractivity contribution in [3.63, 3.8) is 0 Å². The van der Waals surface area contributed by atoms with E-state index in [1.165, 1.54) is 31.4 Å². The molecule has 4 aromatic rings. The molecule has 0 aliphatic carbocycles. The van der Waals surface area contributed by atoms with E-state index in [9.17, 15) is 9.18 Å². The summed E-state index contributed by atoms with van der Waals surface area (Å²) in [5, 5.41) is 0.268. The summed E-state index contributed by atoms with van der Waals surface area (Å²) in [6.07, 6.45) is 0.221. The minimum Gasteiger partial charge on any atom is -0.494 e. The van der Waals surface area contributed by atoms with Gasteiger partial charge in [-0.3, -0.25) is 4.79 Å². The molecule has 4 rings (SSSR count). The van der Waals surface area contributed by atoms with Crippen LogP contribution in [0.2, 0.25) is 5.02 Å². The van der Waals surface area contributed by atoms with E-state index in [1.54, 1.807) is 30.5 Å². The SMILES string of the molecule is COc1cccc(-c2c(C)n(Cc3c(F)cccc3Cl)c(C)c(CC(N)c3ccccc3)c2=O)c1F. The number of methoxy groups -OCH3 is 1. The largest absolute Gasteiger partial charge is 0.494 e. The third-order valence-corrected chi connectivity index (χ3v) is 6.95. The maximum atomic E-state index is 15.4. The average Bonchev–Trinajstić information content (AvgIpc) is 2.87. The highest BCUT2D eigenvalue weighted by atomic mass is 35.5. The lowest BCUT2D eigenvalue weighted by Gasteiger charge is -2.24. The highest BCUT2D eigenvalue weighted by molar-refractivity contribution is 6.31. The van der Waals surface area contributed by atoms with Crippen molar-refractivity contribution in [2.24, 2.45) is 5.73 Å². The number of nitrogens with zero attached hydrogens (tertiary/aromatic N) is 1.